The largest absolute Gasteiger partial charge is 0.372 e. The van der Waals surface area contributed by atoms with Crippen LogP contribution in [0.1, 0.15) is 19.4 Å². The molecule has 2 rings (SSSR count). The zero-order valence-electron chi connectivity index (χ0n) is 13.4. The molecule has 7 heteroatoms. The molecule has 1 aliphatic rings. The number of rotatable bonds is 5. The number of thiocarbonyl (C=S) groups is 1. The first-order valence-corrected chi connectivity index (χ1v) is 9.73. The maximum Gasteiger partial charge on any atom is 0.186 e. The normalized spacial score (nSPS) is 19.2. The monoisotopic (exact) mass is 341 g/mol. The number of aliphatic imine (C=N–C) groups is 1. The predicted octanol–water partition coefficient (Wildman–Crippen LogP) is 1.81. The van der Waals surface area contributed by atoms with Crippen LogP contribution in [-0.4, -0.2) is 40.0 Å². The zero-order chi connectivity index (χ0) is 16.5. The highest BCUT2D eigenvalue weighted by atomic mass is 32.3. The van der Waals surface area contributed by atoms with Crippen molar-refractivity contribution in [1.82, 2.24) is 10.0 Å². The summed E-state index contributed by atoms with van der Waals surface area (Å²) in [6.07, 6.45) is 0. The number of methoxy groups -OCH3 is 1. The molecule has 0 bridgehead atoms. The molecule has 5 nitrogen and oxygen atoms in total. The Morgan fingerprint density at radius 1 is 1.36 bits per heavy atom. The summed E-state index contributed by atoms with van der Waals surface area (Å²) >= 11 is 5.33. The smallest absolute Gasteiger partial charge is 0.186 e. The SMILES string of the molecule is CNS(=O)(COC)(Cc1ccccc1)C1=NC(C)(C)C(=S)N1. The van der Waals surface area contributed by atoms with Crippen molar-refractivity contribution in [3.63, 3.8) is 0 Å². The second kappa shape index (κ2) is 5.81. The summed E-state index contributed by atoms with van der Waals surface area (Å²) in [6, 6.07) is 9.67. The Hall–Kier alpha value is -1.15. The van der Waals surface area contributed by atoms with Crippen molar-refractivity contribution >= 4 is 31.6 Å². The topological polar surface area (TPSA) is 62.7 Å². The molecule has 0 saturated heterocycles. The third kappa shape index (κ3) is 2.99. The standard InChI is InChI=1S/C15H23N3O2S2/c1-15(2)13(21)17-14(18-15)22(19,16-3,11-20-4)10-12-8-6-5-7-9-12/h5-9H,10-11H2,1-4H3,(H,16,19)(H,17,18,21). The summed E-state index contributed by atoms with van der Waals surface area (Å²) in [7, 11) is -0.362. The number of benzene rings is 1. The van der Waals surface area contributed by atoms with E-state index in [1.54, 1.807) is 7.05 Å². The Morgan fingerprint density at radius 3 is 2.45 bits per heavy atom. The molecule has 1 heterocycles. The highest BCUT2D eigenvalue weighted by Crippen LogP contribution is 2.32. The van der Waals surface area contributed by atoms with Gasteiger partial charge < -0.3 is 10.1 Å². The highest BCUT2D eigenvalue weighted by molar-refractivity contribution is 8.30. The van der Waals surface area contributed by atoms with Gasteiger partial charge in [-0.25, -0.2) is 4.99 Å². The van der Waals surface area contributed by atoms with E-state index in [1.165, 1.54) is 7.11 Å². The maximum atomic E-state index is 14.1. The molecule has 1 aliphatic heterocycles. The molecule has 0 fully saturated rings. The second-order valence-electron chi connectivity index (χ2n) is 5.96. The lowest BCUT2D eigenvalue weighted by Crippen LogP contribution is -2.60. The molecule has 0 amide bonds. The van der Waals surface area contributed by atoms with Gasteiger partial charge in [-0.05, 0) is 26.5 Å². The van der Waals surface area contributed by atoms with E-state index in [0.717, 1.165) is 5.56 Å². The van der Waals surface area contributed by atoms with Crippen molar-refractivity contribution in [2.24, 2.45) is 4.99 Å². The molecule has 122 valence electrons. The molecule has 0 aliphatic carbocycles. The van der Waals surface area contributed by atoms with Crippen LogP contribution in [0.25, 0.3) is 0 Å². The highest BCUT2D eigenvalue weighted by Gasteiger charge is 2.47. The molecular formula is C15H23N3O2S2. The van der Waals surface area contributed by atoms with E-state index in [-0.39, 0.29) is 5.94 Å². The van der Waals surface area contributed by atoms with Crippen molar-refractivity contribution in [1.29, 1.82) is 0 Å². The Labute approximate surface area is 137 Å². The van der Waals surface area contributed by atoms with Crippen molar-refractivity contribution in [2.45, 2.75) is 25.1 Å². The van der Waals surface area contributed by atoms with Crippen LogP contribution in [0.15, 0.2) is 35.3 Å². The van der Waals surface area contributed by atoms with Crippen LogP contribution in [0.4, 0.5) is 0 Å². The lowest BCUT2D eigenvalue weighted by Gasteiger charge is -2.41. The van der Waals surface area contributed by atoms with Crippen LogP contribution >= 0.6 is 12.2 Å². The summed E-state index contributed by atoms with van der Waals surface area (Å²) in [6.45, 7) is 3.80. The number of hydrogen-bond donors (Lipinski definition) is 2. The first kappa shape index (κ1) is 17.2. The number of hydrogen-bond acceptors (Lipinski definition) is 4. The minimum absolute atomic E-state index is 0.0348. The van der Waals surface area contributed by atoms with Crippen LogP contribution in [-0.2, 0) is 19.7 Å². The molecule has 1 aromatic rings. The van der Waals surface area contributed by atoms with Crippen LogP contribution in [0, 0.1) is 0 Å². The summed E-state index contributed by atoms with van der Waals surface area (Å²) in [5, 5.41) is 3.45. The molecule has 0 unspecified atom stereocenters. The molecule has 0 atom stereocenters. The lowest BCUT2D eigenvalue weighted by atomic mass is 10.1. The van der Waals surface area contributed by atoms with Gasteiger partial charge >= 0.3 is 0 Å². The molecule has 1 aromatic carbocycles. The summed E-state index contributed by atoms with van der Waals surface area (Å²) in [5.74, 6) is 0.333. The van der Waals surface area contributed by atoms with Gasteiger partial charge in [-0.15, -0.1) is 0 Å². The van der Waals surface area contributed by atoms with Crippen molar-refractivity contribution in [3.05, 3.63) is 35.9 Å². The van der Waals surface area contributed by atoms with Gasteiger partial charge in [-0.3, -0.25) is 8.93 Å². The Morgan fingerprint density at radius 2 is 2.00 bits per heavy atom. The van der Waals surface area contributed by atoms with Crippen LogP contribution in [0.5, 0.6) is 0 Å². The van der Waals surface area contributed by atoms with Gasteiger partial charge in [0, 0.05) is 22.1 Å². The molecule has 2 N–H and O–H groups in total. The van der Waals surface area contributed by atoms with Crippen LogP contribution < -0.4 is 10.0 Å². The van der Waals surface area contributed by atoms with E-state index < -0.39 is 14.8 Å². The molecule has 0 saturated carbocycles. The van der Waals surface area contributed by atoms with Crippen molar-refractivity contribution in [3.8, 4) is 0 Å². The molecule has 22 heavy (non-hydrogen) atoms. The van der Waals surface area contributed by atoms with Gasteiger partial charge in [0.25, 0.3) is 0 Å². The van der Waals surface area contributed by atoms with Crippen LogP contribution in [0.2, 0.25) is 0 Å². The molecular weight excluding hydrogens is 318 g/mol. The lowest BCUT2D eigenvalue weighted by molar-refractivity contribution is 0.250. The Kier molecular flexibility index (Phi) is 4.54. The minimum Gasteiger partial charge on any atom is -0.372 e. The quantitative estimate of drug-likeness (QED) is 0.802. The molecule has 0 radical (unpaired) electrons. The Bertz CT molecular complexity index is 671. The fourth-order valence-electron chi connectivity index (χ4n) is 2.38. The van der Waals surface area contributed by atoms with Gasteiger partial charge in [-0.2, -0.15) is 0 Å². The number of nitrogens with zero attached hydrogens (tertiary/aromatic N) is 1. The van der Waals surface area contributed by atoms with E-state index in [9.17, 15) is 4.21 Å². The van der Waals surface area contributed by atoms with Gasteiger partial charge in [0.2, 0.25) is 0 Å². The summed E-state index contributed by atoms with van der Waals surface area (Å²) in [5.41, 5.74) is 0.388. The van der Waals surface area contributed by atoms with E-state index in [2.05, 4.69) is 15.0 Å². The van der Waals surface area contributed by atoms with E-state index in [1.807, 2.05) is 44.2 Å². The fourth-order valence-corrected chi connectivity index (χ4v) is 5.55. The number of amidine groups is 1. The van der Waals surface area contributed by atoms with E-state index in [0.29, 0.717) is 15.9 Å². The second-order valence-corrected chi connectivity index (χ2v) is 10.3. The number of nitrogens with one attached hydrogen (secondary N) is 2. The fraction of sp³-hybridized carbons (Fsp3) is 0.467. The number of ether oxygens (including phenoxy) is 1. The van der Waals surface area contributed by atoms with Crippen molar-refractivity contribution < 1.29 is 8.95 Å². The third-order valence-electron chi connectivity index (χ3n) is 3.76. The predicted molar refractivity (Wildman–Crippen MR) is 96.5 cm³/mol. The molecule has 0 aromatic heterocycles. The van der Waals surface area contributed by atoms with Crippen LogP contribution in [0.3, 0.4) is 0 Å². The third-order valence-corrected chi connectivity index (χ3v) is 8.08. The van der Waals surface area contributed by atoms with Gasteiger partial charge in [0.15, 0.2) is 5.17 Å². The van der Waals surface area contributed by atoms with E-state index in [4.69, 9.17) is 17.0 Å². The zero-order valence-corrected chi connectivity index (χ0v) is 15.0. The van der Waals surface area contributed by atoms with Gasteiger partial charge in [0.05, 0.1) is 0 Å². The summed E-state index contributed by atoms with van der Waals surface area (Å²) in [4.78, 5) is 5.16. The molecule has 0 spiro atoms. The Balaban J connectivity index is 2.53. The maximum absolute atomic E-state index is 14.1. The summed E-state index contributed by atoms with van der Waals surface area (Å²) < 4.78 is 22.4. The first-order valence-electron chi connectivity index (χ1n) is 7.01. The van der Waals surface area contributed by atoms with E-state index >= 15 is 0 Å². The first-order chi connectivity index (χ1) is 10.2. The average Bonchev–Trinajstić information content (AvgIpc) is 2.75. The minimum atomic E-state index is -3.57. The van der Waals surface area contributed by atoms with Crippen molar-refractivity contribution in [2.75, 3.05) is 20.1 Å². The van der Waals surface area contributed by atoms with Gasteiger partial charge in [-0.1, -0.05) is 42.5 Å². The average molecular weight is 342 g/mol. The van der Waals surface area contributed by atoms with Gasteiger partial charge in [0.1, 0.15) is 16.5 Å².